The van der Waals surface area contributed by atoms with E-state index in [-0.39, 0.29) is 24.3 Å². The third kappa shape index (κ3) is 8.24. The molecular formula is C23H28N2O8. The minimum Gasteiger partial charge on any atom is -0.508 e. The smallest absolute Gasteiger partial charge is 0.408 e. The maximum atomic E-state index is 13.0. The van der Waals surface area contributed by atoms with Gasteiger partial charge in [-0.2, -0.15) is 0 Å². The molecule has 2 amide bonds. The molecule has 0 fully saturated rings. The summed E-state index contributed by atoms with van der Waals surface area (Å²) in [4.78, 5) is 37.0. The highest BCUT2D eigenvalue weighted by Gasteiger charge is 2.29. The number of aliphatic carboxylic acids is 1. The molecule has 0 saturated heterocycles. The number of amides is 2. The second kappa shape index (κ2) is 10.6. The minimum absolute atomic E-state index is 0.0217. The molecule has 2 rings (SSSR count). The molecular weight excluding hydrogens is 432 g/mol. The van der Waals surface area contributed by atoms with Crippen molar-refractivity contribution in [3.8, 4) is 17.2 Å². The van der Waals surface area contributed by atoms with Crippen LogP contribution in [0.1, 0.15) is 31.9 Å². The maximum Gasteiger partial charge on any atom is 0.408 e. The fraction of sp³-hybridized carbons (Fsp3) is 0.348. The zero-order chi connectivity index (χ0) is 24.8. The van der Waals surface area contributed by atoms with E-state index in [1.807, 2.05) is 0 Å². The number of ether oxygens (including phenoxy) is 1. The number of rotatable bonds is 8. The lowest BCUT2D eigenvalue weighted by molar-refractivity contribution is -0.142. The summed E-state index contributed by atoms with van der Waals surface area (Å²) < 4.78 is 5.20. The Bertz CT molecular complexity index is 999. The SMILES string of the molecule is CC(C)(C)OC(=O)NC(Cc1ccc(O)c(O)c1)C(=O)NC(Cc1ccc(O)cc1)C(=O)O. The number of hydrogen-bond acceptors (Lipinski definition) is 7. The van der Waals surface area contributed by atoms with Crippen molar-refractivity contribution >= 4 is 18.0 Å². The molecule has 0 aliphatic heterocycles. The van der Waals surface area contributed by atoms with E-state index in [0.717, 1.165) is 0 Å². The predicted molar refractivity (Wildman–Crippen MR) is 118 cm³/mol. The molecule has 0 saturated carbocycles. The molecule has 0 aliphatic rings. The van der Waals surface area contributed by atoms with Crippen LogP contribution in [0.15, 0.2) is 42.5 Å². The van der Waals surface area contributed by atoms with Crippen LogP contribution in [0.25, 0.3) is 0 Å². The van der Waals surface area contributed by atoms with Gasteiger partial charge in [0.15, 0.2) is 11.5 Å². The van der Waals surface area contributed by atoms with Crippen molar-refractivity contribution in [3.63, 3.8) is 0 Å². The Morgan fingerprint density at radius 2 is 1.42 bits per heavy atom. The van der Waals surface area contributed by atoms with Crippen LogP contribution < -0.4 is 10.6 Å². The Morgan fingerprint density at radius 3 is 1.97 bits per heavy atom. The van der Waals surface area contributed by atoms with Gasteiger partial charge in [-0.15, -0.1) is 0 Å². The Hall–Kier alpha value is -3.95. The number of carbonyl (C=O) groups is 3. The lowest BCUT2D eigenvalue weighted by atomic mass is 10.0. The molecule has 0 radical (unpaired) electrons. The topological polar surface area (TPSA) is 165 Å². The van der Waals surface area contributed by atoms with E-state index in [2.05, 4.69) is 10.6 Å². The highest BCUT2D eigenvalue weighted by atomic mass is 16.6. The Morgan fingerprint density at radius 1 is 0.848 bits per heavy atom. The van der Waals surface area contributed by atoms with Crippen molar-refractivity contribution in [2.24, 2.45) is 0 Å². The second-order valence-corrected chi connectivity index (χ2v) is 8.50. The van der Waals surface area contributed by atoms with Gasteiger partial charge in [0.1, 0.15) is 23.4 Å². The fourth-order valence-electron chi connectivity index (χ4n) is 2.93. The van der Waals surface area contributed by atoms with E-state index in [0.29, 0.717) is 11.1 Å². The number of hydrogen-bond donors (Lipinski definition) is 6. The van der Waals surface area contributed by atoms with Gasteiger partial charge in [0.05, 0.1) is 0 Å². The average Bonchev–Trinajstić information content (AvgIpc) is 2.69. The van der Waals surface area contributed by atoms with Gasteiger partial charge in [0, 0.05) is 12.8 Å². The summed E-state index contributed by atoms with van der Waals surface area (Å²) in [5.74, 6) is -2.79. The van der Waals surface area contributed by atoms with Crippen molar-refractivity contribution in [2.45, 2.75) is 51.3 Å². The molecule has 10 nitrogen and oxygen atoms in total. The first kappa shape index (κ1) is 25.3. The monoisotopic (exact) mass is 460 g/mol. The van der Waals surface area contributed by atoms with Gasteiger partial charge in [0.2, 0.25) is 5.91 Å². The zero-order valence-electron chi connectivity index (χ0n) is 18.5. The van der Waals surface area contributed by atoms with Gasteiger partial charge >= 0.3 is 12.1 Å². The molecule has 2 unspecified atom stereocenters. The van der Waals surface area contributed by atoms with E-state index in [9.17, 15) is 34.8 Å². The molecule has 33 heavy (non-hydrogen) atoms. The zero-order valence-corrected chi connectivity index (χ0v) is 18.5. The number of phenolic OH excluding ortho intramolecular Hbond substituents is 3. The first-order valence-electron chi connectivity index (χ1n) is 10.2. The summed E-state index contributed by atoms with van der Waals surface area (Å²) in [5.41, 5.74) is 0.150. The van der Waals surface area contributed by atoms with Crippen LogP contribution in [0.2, 0.25) is 0 Å². The molecule has 0 aromatic heterocycles. The van der Waals surface area contributed by atoms with Crippen LogP contribution in [-0.2, 0) is 27.2 Å². The number of nitrogens with one attached hydrogen (secondary N) is 2. The standard InChI is InChI=1S/C23H28N2O8/c1-23(2,3)33-22(32)25-16(11-14-6-9-18(27)19(28)12-14)20(29)24-17(21(30)31)10-13-4-7-15(26)8-5-13/h4-9,12,16-17,26-28H,10-11H2,1-3H3,(H,24,29)(H,25,32)(H,30,31). The third-order valence-electron chi connectivity index (χ3n) is 4.48. The molecule has 0 bridgehead atoms. The summed E-state index contributed by atoms with van der Waals surface area (Å²) in [6.45, 7) is 4.95. The Kier molecular flexibility index (Phi) is 8.11. The van der Waals surface area contributed by atoms with Crippen LogP contribution in [0.3, 0.4) is 0 Å². The van der Waals surface area contributed by atoms with Crippen molar-refractivity contribution in [3.05, 3.63) is 53.6 Å². The van der Waals surface area contributed by atoms with E-state index in [1.165, 1.54) is 42.5 Å². The largest absolute Gasteiger partial charge is 0.508 e. The number of benzene rings is 2. The van der Waals surface area contributed by atoms with Gasteiger partial charge in [-0.3, -0.25) is 4.79 Å². The molecule has 2 atom stereocenters. The third-order valence-corrected chi connectivity index (χ3v) is 4.48. The molecule has 178 valence electrons. The van der Waals surface area contributed by atoms with Gasteiger partial charge in [-0.1, -0.05) is 18.2 Å². The highest BCUT2D eigenvalue weighted by molar-refractivity contribution is 5.89. The Balaban J connectivity index is 2.21. The molecule has 6 N–H and O–H groups in total. The van der Waals surface area contributed by atoms with Crippen molar-refractivity contribution in [1.82, 2.24) is 10.6 Å². The first-order valence-corrected chi connectivity index (χ1v) is 10.2. The predicted octanol–water partition coefficient (Wildman–Crippen LogP) is 2.05. The summed E-state index contributed by atoms with van der Waals surface area (Å²) in [5, 5.41) is 43.0. The number of alkyl carbamates (subject to hydrolysis) is 1. The van der Waals surface area contributed by atoms with E-state index in [1.54, 1.807) is 20.8 Å². The number of aromatic hydroxyl groups is 3. The van der Waals surface area contributed by atoms with Crippen LogP contribution >= 0.6 is 0 Å². The summed E-state index contributed by atoms with van der Waals surface area (Å²) in [6, 6.07) is 7.26. The quantitative estimate of drug-likeness (QED) is 0.326. The molecule has 10 heteroatoms. The molecule has 2 aromatic carbocycles. The lowest BCUT2D eigenvalue weighted by Gasteiger charge is -2.24. The highest BCUT2D eigenvalue weighted by Crippen LogP contribution is 2.25. The van der Waals surface area contributed by atoms with Gasteiger partial charge < -0.3 is 35.8 Å². The van der Waals surface area contributed by atoms with Gasteiger partial charge in [0.25, 0.3) is 0 Å². The van der Waals surface area contributed by atoms with Crippen molar-refractivity contribution in [1.29, 1.82) is 0 Å². The van der Waals surface area contributed by atoms with Gasteiger partial charge in [-0.05, 0) is 56.2 Å². The maximum absolute atomic E-state index is 13.0. The van der Waals surface area contributed by atoms with Crippen LogP contribution in [0.5, 0.6) is 17.2 Å². The number of phenols is 3. The fourth-order valence-corrected chi connectivity index (χ4v) is 2.93. The van der Waals surface area contributed by atoms with Crippen molar-refractivity contribution < 1.29 is 39.5 Å². The molecule has 0 aliphatic carbocycles. The molecule has 0 heterocycles. The summed E-state index contributed by atoms with van der Waals surface area (Å²) >= 11 is 0. The first-order chi connectivity index (χ1) is 15.3. The summed E-state index contributed by atoms with van der Waals surface area (Å²) in [6.07, 6.45) is -1.04. The second-order valence-electron chi connectivity index (χ2n) is 8.50. The molecule has 0 spiro atoms. The Labute approximate surface area is 190 Å². The van der Waals surface area contributed by atoms with Crippen LogP contribution in [0, 0.1) is 0 Å². The number of carboxylic acids is 1. The molecule has 2 aromatic rings. The van der Waals surface area contributed by atoms with E-state index < -0.39 is 41.4 Å². The van der Waals surface area contributed by atoms with Crippen molar-refractivity contribution in [2.75, 3.05) is 0 Å². The van der Waals surface area contributed by atoms with Gasteiger partial charge in [-0.25, -0.2) is 9.59 Å². The number of carbonyl (C=O) groups excluding carboxylic acids is 2. The lowest BCUT2D eigenvalue weighted by Crippen LogP contribution is -2.53. The average molecular weight is 460 g/mol. The van der Waals surface area contributed by atoms with Crippen LogP contribution in [-0.4, -0.2) is 56.1 Å². The number of carboxylic acid groups (broad SMARTS) is 1. The van der Waals surface area contributed by atoms with E-state index in [4.69, 9.17) is 4.74 Å². The summed E-state index contributed by atoms with van der Waals surface area (Å²) in [7, 11) is 0. The normalized spacial score (nSPS) is 12.9. The van der Waals surface area contributed by atoms with E-state index >= 15 is 0 Å². The van der Waals surface area contributed by atoms with Crippen LogP contribution in [0.4, 0.5) is 4.79 Å². The minimum atomic E-state index is -1.31.